The number of hydrogen-bond acceptors (Lipinski definition) is 4. The third-order valence-corrected chi connectivity index (χ3v) is 4.28. The number of fused-ring (bicyclic) bond motifs is 1. The Hall–Kier alpha value is -1.53. The molecule has 6 heteroatoms. The van der Waals surface area contributed by atoms with E-state index in [4.69, 9.17) is 0 Å². The van der Waals surface area contributed by atoms with Gasteiger partial charge in [-0.3, -0.25) is 19.5 Å². The average Bonchev–Trinajstić information content (AvgIpc) is 2.88. The first-order valence-corrected chi connectivity index (χ1v) is 6.83. The van der Waals surface area contributed by atoms with Gasteiger partial charge < -0.3 is 0 Å². The van der Waals surface area contributed by atoms with Crippen LogP contribution < -0.4 is 0 Å². The molecule has 18 heavy (non-hydrogen) atoms. The SMILES string of the molecule is O=C1c2cccnc2C(=O)N1Cc1ccc(Br)s1. The Balaban J connectivity index is 1.92. The van der Waals surface area contributed by atoms with Gasteiger partial charge in [0.1, 0.15) is 5.69 Å². The monoisotopic (exact) mass is 322 g/mol. The predicted octanol–water partition coefficient (Wildman–Crippen LogP) is 2.70. The molecular formula is C12H7BrN2O2S. The summed E-state index contributed by atoms with van der Waals surface area (Å²) < 4.78 is 0.979. The normalized spacial score (nSPS) is 14.2. The molecule has 3 rings (SSSR count). The fourth-order valence-corrected chi connectivity index (χ4v) is 3.32. The number of amides is 2. The van der Waals surface area contributed by atoms with E-state index in [0.717, 1.165) is 8.66 Å². The minimum atomic E-state index is -0.319. The van der Waals surface area contributed by atoms with Gasteiger partial charge >= 0.3 is 0 Å². The summed E-state index contributed by atoms with van der Waals surface area (Å²) in [5.41, 5.74) is 0.635. The van der Waals surface area contributed by atoms with Gasteiger partial charge in [-0.15, -0.1) is 11.3 Å². The minimum absolute atomic E-state index is 0.248. The zero-order valence-electron chi connectivity index (χ0n) is 9.09. The van der Waals surface area contributed by atoms with Crippen molar-refractivity contribution in [1.82, 2.24) is 9.88 Å². The maximum Gasteiger partial charge on any atom is 0.280 e. The van der Waals surface area contributed by atoms with E-state index in [-0.39, 0.29) is 17.5 Å². The van der Waals surface area contributed by atoms with Crippen molar-refractivity contribution in [2.75, 3.05) is 0 Å². The van der Waals surface area contributed by atoms with Crippen LogP contribution in [0.25, 0.3) is 0 Å². The third kappa shape index (κ3) is 1.77. The minimum Gasteiger partial charge on any atom is -0.268 e. The molecule has 1 aliphatic heterocycles. The number of carbonyl (C=O) groups excluding carboxylic acids is 2. The highest BCUT2D eigenvalue weighted by Gasteiger charge is 2.36. The van der Waals surface area contributed by atoms with Crippen molar-refractivity contribution in [2.24, 2.45) is 0 Å². The highest BCUT2D eigenvalue weighted by molar-refractivity contribution is 9.11. The van der Waals surface area contributed by atoms with Crippen molar-refractivity contribution in [1.29, 1.82) is 0 Å². The van der Waals surface area contributed by atoms with E-state index in [9.17, 15) is 9.59 Å². The lowest BCUT2D eigenvalue weighted by molar-refractivity contribution is 0.0642. The number of pyridine rings is 1. The molecule has 0 unspecified atom stereocenters. The summed E-state index contributed by atoms with van der Waals surface area (Å²) >= 11 is 4.87. The molecule has 2 aromatic heterocycles. The number of hydrogen-bond donors (Lipinski definition) is 0. The summed E-state index contributed by atoms with van der Waals surface area (Å²) in [6, 6.07) is 7.09. The second-order valence-corrected chi connectivity index (χ2v) is 6.35. The van der Waals surface area contributed by atoms with Crippen LogP contribution in [0.15, 0.2) is 34.2 Å². The summed E-state index contributed by atoms with van der Waals surface area (Å²) in [6.07, 6.45) is 1.52. The molecule has 0 bridgehead atoms. The molecule has 0 saturated carbocycles. The first kappa shape index (κ1) is 11.6. The number of aromatic nitrogens is 1. The Morgan fingerprint density at radius 3 is 2.72 bits per heavy atom. The van der Waals surface area contributed by atoms with Crippen LogP contribution >= 0.6 is 27.3 Å². The zero-order valence-corrected chi connectivity index (χ0v) is 11.5. The Bertz CT molecular complexity index is 618. The van der Waals surface area contributed by atoms with Gasteiger partial charge in [-0.1, -0.05) is 0 Å². The van der Waals surface area contributed by atoms with Crippen molar-refractivity contribution in [3.05, 3.63) is 50.4 Å². The van der Waals surface area contributed by atoms with Gasteiger partial charge in [0.25, 0.3) is 11.8 Å². The average molecular weight is 323 g/mol. The smallest absolute Gasteiger partial charge is 0.268 e. The van der Waals surface area contributed by atoms with E-state index in [1.165, 1.54) is 22.4 Å². The predicted molar refractivity (Wildman–Crippen MR) is 70.5 cm³/mol. The molecule has 0 aromatic carbocycles. The number of imide groups is 1. The quantitative estimate of drug-likeness (QED) is 0.799. The molecule has 2 amide bonds. The largest absolute Gasteiger partial charge is 0.280 e. The number of rotatable bonds is 2. The van der Waals surface area contributed by atoms with Crippen molar-refractivity contribution in [3.8, 4) is 0 Å². The topological polar surface area (TPSA) is 50.3 Å². The number of thiophene rings is 1. The molecular weight excluding hydrogens is 316 g/mol. The van der Waals surface area contributed by atoms with Crippen LogP contribution in [0.3, 0.4) is 0 Å². The molecule has 0 spiro atoms. The van der Waals surface area contributed by atoms with E-state index in [1.807, 2.05) is 12.1 Å². The highest BCUT2D eigenvalue weighted by atomic mass is 79.9. The number of carbonyl (C=O) groups is 2. The number of halogens is 1. The van der Waals surface area contributed by atoms with Gasteiger partial charge in [0.2, 0.25) is 0 Å². The Morgan fingerprint density at radius 1 is 1.22 bits per heavy atom. The molecule has 90 valence electrons. The molecule has 0 saturated heterocycles. The van der Waals surface area contributed by atoms with E-state index < -0.39 is 0 Å². The van der Waals surface area contributed by atoms with E-state index >= 15 is 0 Å². The zero-order chi connectivity index (χ0) is 12.7. The van der Waals surface area contributed by atoms with Gasteiger partial charge in [-0.25, -0.2) is 0 Å². The van der Waals surface area contributed by atoms with Crippen molar-refractivity contribution < 1.29 is 9.59 Å². The van der Waals surface area contributed by atoms with Crippen molar-refractivity contribution in [2.45, 2.75) is 6.54 Å². The van der Waals surface area contributed by atoms with E-state index in [1.54, 1.807) is 12.1 Å². The summed E-state index contributed by atoms with van der Waals surface area (Å²) in [5, 5.41) is 0. The van der Waals surface area contributed by atoms with Gasteiger partial charge in [0, 0.05) is 11.1 Å². The van der Waals surface area contributed by atoms with Crippen LogP contribution in [-0.2, 0) is 6.54 Å². The summed E-state index contributed by atoms with van der Waals surface area (Å²) in [5.74, 6) is -0.590. The Labute approximate surface area is 115 Å². The summed E-state index contributed by atoms with van der Waals surface area (Å²) in [6.45, 7) is 0.296. The van der Waals surface area contributed by atoms with Crippen LogP contribution in [0.4, 0.5) is 0 Å². The lowest BCUT2D eigenvalue weighted by atomic mass is 10.2. The Morgan fingerprint density at radius 2 is 2.06 bits per heavy atom. The van der Waals surface area contributed by atoms with Crippen LogP contribution in [0.1, 0.15) is 25.7 Å². The fourth-order valence-electron chi connectivity index (χ4n) is 1.85. The van der Waals surface area contributed by atoms with Gasteiger partial charge in [-0.2, -0.15) is 0 Å². The van der Waals surface area contributed by atoms with Crippen LogP contribution in [0, 0.1) is 0 Å². The van der Waals surface area contributed by atoms with E-state index in [0.29, 0.717) is 12.1 Å². The maximum atomic E-state index is 12.1. The molecule has 0 fully saturated rings. The van der Waals surface area contributed by atoms with Crippen molar-refractivity contribution >= 4 is 39.1 Å². The standard InChI is InChI=1S/C12H7BrN2O2S/c13-9-4-3-7(18-9)6-15-11(16)8-2-1-5-14-10(8)12(15)17/h1-5H,6H2. The van der Waals surface area contributed by atoms with Gasteiger partial charge in [0.15, 0.2) is 0 Å². The highest BCUT2D eigenvalue weighted by Crippen LogP contribution is 2.27. The Kier molecular flexibility index (Phi) is 2.76. The molecule has 0 atom stereocenters. The van der Waals surface area contributed by atoms with Crippen LogP contribution in [-0.4, -0.2) is 21.7 Å². The molecule has 3 heterocycles. The molecule has 4 nitrogen and oxygen atoms in total. The van der Waals surface area contributed by atoms with Crippen LogP contribution in [0.5, 0.6) is 0 Å². The first-order chi connectivity index (χ1) is 8.66. The van der Waals surface area contributed by atoms with Gasteiger partial charge in [0.05, 0.1) is 15.9 Å². The van der Waals surface area contributed by atoms with E-state index in [2.05, 4.69) is 20.9 Å². The third-order valence-electron chi connectivity index (χ3n) is 2.67. The van der Waals surface area contributed by atoms with Gasteiger partial charge in [-0.05, 0) is 40.2 Å². The molecule has 0 N–H and O–H groups in total. The van der Waals surface area contributed by atoms with Crippen LogP contribution in [0.2, 0.25) is 0 Å². The summed E-state index contributed by atoms with van der Waals surface area (Å²) in [4.78, 5) is 30.3. The number of nitrogens with zero attached hydrogens (tertiary/aromatic N) is 2. The molecule has 2 aromatic rings. The van der Waals surface area contributed by atoms with Crippen molar-refractivity contribution in [3.63, 3.8) is 0 Å². The fraction of sp³-hybridized carbons (Fsp3) is 0.0833. The molecule has 0 radical (unpaired) electrons. The summed E-state index contributed by atoms with van der Waals surface area (Å²) in [7, 11) is 0. The molecule has 0 aliphatic carbocycles. The molecule has 1 aliphatic rings. The lowest BCUT2D eigenvalue weighted by Crippen LogP contribution is -2.28. The second-order valence-electron chi connectivity index (χ2n) is 3.80. The lowest BCUT2D eigenvalue weighted by Gasteiger charge is -2.11. The second kappa shape index (κ2) is 4.29. The first-order valence-electron chi connectivity index (χ1n) is 5.22. The maximum absolute atomic E-state index is 12.1.